The van der Waals surface area contributed by atoms with Gasteiger partial charge in [0, 0.05) is 11.4 Å². The summed E-state index contributed by atoms with van der Waals surface area (Å²) in [5, 5.41) is 3.31. The molecule has 0 saturated carbocycles. The van der Waals surface area contributed by atoms with Crippen LogP contribution in [0.1, 0.15) is 16.2 Å². The largest absolute Gasteiger partial charge is 0.322 e. The number of hydrogen-bond acceptors (Lipinski definition) is 2. The third-order valence-electron chi connectivity index (χ3n) is 4.21. The number of imidazole rings is 1. The average molecular weight is 362 g/mol. The number of anilines is 1. The minimum absolute atomic E-state index is 0.242. The van der Waals surface area contributed by atoms with Gasteiger partial charge in [-0.05, 0) is 49.4 Å². The summed E-state index contributed by atoms with van der Waals surface area (Å²) >= 11 is 6.10. The summed E-state index contributed by atoms with van der Waals surface area (Å²) in [7, 11) is 0. The normalized spacial score (nSPS) is 10.8. The maximum atomic E-state index is 12.4. The Bertz CT molecular complexity index is 1100. The predicted molar refractivity (Wildman–Crippen MR) is 105 cm³/mol. The van der Waals surface area contributed by atoms with Gasteiger partial charge in [-0.15, -0.1) is 0 Å². The topological polar surface area (TPSA) is 46.9 Å². The fraction of sp³-hybridized carbons (Fsp3) is 0.0476. The van der Waals surface area contributed by atoms with E-state index in [0.29, 0.717) is 16.3 Å². The SMILES string of the molecule is Cc1nc2cc(NC(=O)c3ccccc3Cl)ccc2n1-c1ccccc1. The van der Waals surface area contributed by atoms with Gasteiger partial charge in [-0.2, -0.15) is 0 Å². The van der Waals surface area contributed by atoms with Crippen molar-refractivity contribution in [3.8, 4) is 5.69 Å². The van der Waals surface area contributed by atoms with Crippen LogP contribution in [0.3, 0.4) is 0 Å². The zero-order valence-corrected chi connectivity index (χ0v) is 14.9. The van der Waals surface area contributed by atoms with Crippen molar-refractivity contribution in [3.05, 3.63) is 89.2 Å². The molecule has 0 saturated heterocycles. The molecule has 0 aliphatic heterocycles. The first-order chi connectivity index (χ1) is 12.6. The molecule has 4 aromatic rings. The monoisotopic (exact) mass is 361 g/mol. The molecular formula is C21H16ClN3O. The number of aryl methyl sites for hydroxylation is 1. The van der Waals surface area contributed by atoms with Crippen molar-refractivity contribution in [2.24, 2.45) is 0 Å². The zero-order chi connectivity index (χ0) is 18.1. The number of para-hydroxylation sites is 1. The van der Waals surface area contributed by atoms with Gasteiger partial charge >= 0.3 is 0 Å². The van der Waals surface area contributed by atoms with Crippen LogP contribution in [0.2, 0.25) is 5.02 Å². The number of carbonyl (C=O) groups is 1. The molecule has 4 rings (SSSR count). The molecule has 0 aliphatic rings. The van der Waals surface area contributed by atoms with E-state index in [-0.39, 0.29) is 5.91 Å². The Morgan fingerprint density at radius 1 is 1.00 bits per heavy atom. The molecule has 0 spiro atoms. The molecule has 128 valence electrons. The molecule has 3 aromatic carbocycles. The quantitative estimate of drug-likeness (QED) is 0.542. The third-order valence-corrected chi connectivity index (χ3v) is 4.54. The van der Waals surface area contributed by atoms with E-state index in [2.05, 4.69) is 14.9 Å². The van der Waals surface area contributed by atoms with E-state index < -0.39 is 0 Å². The maximum Gasteiger partial charge on any atom is 0.257 e. The van der Waals surface area contributed by atoms with Crippen molar-refractivity contribution in [1.29, 1.82) is 0 Å². The molecular weight excluding hydrogens is 346 g/mol. The van der Waals surface area contributed by atoms with Gasteiger partial charge in [-0.1, -0.05) is 41.9 Å². The Morgan fingerprint density at radius 3 is 2.50 bits per heavy atom. The molecule has 1 heterocycles. The minimum Gasteiger partial charge on any atom is -0.322 e. The first-order valence-electron chi connectivity index (χ1n) is 8.24. The molecule has 4 nitrogen and oxygen atoms in total. The second kappa shape index (κ2) is 6.65. The molecule has 0 bridgehead atoms. The molecule has 1 amide bonds. The highest BCUT2D eigenvalue weighted by atomic mass is 35.5. The summed E-state index contributed by atoms with van der Waals surface area (Å²) in [5.41, 5.74) is 3.99. The number of nitrogens with one attached hydrogen (secondary N) is 1. The van der Waals surface area contributed by atoms with E-state index in [4.69, 9.17) is 11.6 Å². The Balaban J connectivity index is 1.69. The molecule has 0 radical (unpaired) electrons. The fourth-order valence-electron chi connectivity index (χ4n) is 3.03. The minimum atomic E-state index is -0.242. The number of hydrogen-bond donors (Lipinski definition) is 1. The highest BCUT2D eigenvalue weighted by molar-refractivity contribution is 6.34. The van der Waals surface area contributed by atoms with Gasteiger partial charge in [-0.25, -0.2) is 4.98 Å². The van der Waals surface area contributed by atoms with E-state index in [9.17, 15) is 4.79 Å². The van der Waals surface area contributed by atoms with Gasteiger partial charge in [0.05, 0.1) is 21.6 Å². The third kappa shape index (κ3) is 2.95. The van der Waals surface area contributed by atoms with Gasteiger partial charge in [0.2, 0.25) is 0 Å². The molecule has 1 aromatic heterocycles. The summed E-state index contributed by atoms with van der Waals surface area (Å²) in [6, 6.07) is 22.8. The second-order valence-electron chi connectivity index (χ2n) is 5.97. The highest BCUT2D eigenvalue weighted by Gasteiger charge is 2.13. The lowest BCUT2D eigenvalue weighted by atomic mass is 10.2. The number of carbonyl (C=O) groups excluding carboxylic acids is 1. The summed E-state index contributed by atoms with van der Waals surface area (Å²) in [5.74, 6) is 0.648. The van der Waals surface area contributed by atoms with Crippen molar-refractivity contribution in [2.45, 2.75) is 6.92 Å². The molecule has 0 unspecified atom stereocenters. The van der Waals surface area contributed by atoms with E-state index in [1.54, 1.807) is 24.3 Å². The van der Waals surface area contributed by atoms with Gasteiger partial charge in [0.15, 0.2) is 0 Å². The number of benzene rings is 3. The van der Waals surface area contributed by atoms with E-state index in [1.165, 1.54) is 0 Å². The highest BCUT2D eigenvalue weighted by Crippen LogP contribution is 2.25. The standard InChI is InChI=1S/C21H16ClN3O/c1-14-23-19-13-15(24-21(26)17-9-5-6-10-18(17)22)11-12-20(19)25(14)16-7-3-2-4-8-16/h2-13H,1H3,(H,24,26). The van der Waals surface area contributed by atoms with Crippen molar-refractivity contribution >= 4 is 34.2 Å². The molecule has 0 fully saturated rings. The van der Waals surface area contributed by atoms with Crippen LogP contribution in [0.25, 0.3) is 16.7 Å². The Morgan fingerprint density at radius 2 is 1.73 bits per heavy atom. The van der Waals surface area contributed by atoms with Crippen LogP contribution < -0.4 is 5.32 Å². The smallest absolute Gasteiger partial charge is 0.257 e. The number of amides is 1. The lowest BCUT2D eigenvalue weighted by Crippen LogP contribution is -2.12. The Labute approximate surface area is 156 Å². The number of fused-ring (bicyclic) bond motifs is 1. The first kappa shape index (κ1) is 16.4. The predicted octanol–water partition coefficient (Wildman–Crippen LogP) is 5.24. The molecule has 26 heavy (non-hydrogen) atoms. The van der Waals surface area contributed by atoms with Crippen LogP contribution in [0, 0.1) is 6.92 Å². The van der Waals surface area contributed by atoms with Gasteiger partial charge in [0.25, 0.3) is 5.91 Å². The number of aromatic nitrogens is 2. The van der Waals surface area contributed by atoms with E-state index >= 15 is 0 Å². The molecule has 5 heteroatoms. The number of halogens is 1. The van der Waals surface area contributed by atoms with Crippen LogP contribution >= 0.6 is 11.6 Å². The van der Waals surface area contributed by atoms with Gasteiger partial charge in [-0.3, -0.25) is 9.36 Å². The number of rotatable bonds is 3. The van der Waals surface area contributed by atoms with E-state index in [0.717, 1.165) is 22.5 Å². The maximum absolute atomic E-state index is 12.4. The summed E-state index contributed by atoms with van der Waals surface area (Å²) in [4.78, 5) is 17.1. The first-order valence-corrected chi connectivity index (χ1v) is 8.62. The van der Waals surface area contributed by atoms with Crippen molar-refractivity contribution < 1.29 is 4.79 Å². The summed E-state index contributed by atoms with van der Waals surface area (Å²) in [6.45, 7) is 1.97. The van der Waals surface area contributed by atoms with Crippen molar-refractivity contribution in [2.75, 3.05) is 5.32 Å². The van der Waals surface area contributed by atoms with Crippen LogP contribution in [-0.4, -0.2) is 15.5 Å². The zero-order valence-electron chi connectivity index (χ0n) is 14.1. The summed E-state index contributed by atoms with van der Waals surface area (Å²) < 4.78 is 2.09. The van der Waals surface area contributed by atoms with Crippen LogP contribution in [0.4, 0.5) is 5.69 Å². The molecule has 1 N–H and O–H groups in total. The molecule has 0 aliphatic carbocycles. The van der Waals surface area contributed by atoms with Crippen LogP contribution in [0.5, 0.6) is 0 Å². The second-order valence-corrected chi connectivity index (χ2v) is 6.37. The lowest BCUT2D eigenvalue weighted by Gasteiger charge is -2.08. The average Bonchev–Trinajstić information content (AvgIpc) is 2.97. The lowest BCUT2D eigenvalue weighted by molar-refractivity contribution is 0.102. The van der Waals surface area contributed by atoms with Crippen molar-refractivity contribution in [3.63, 3.8) is 0 Å². The summed E-state index contributed by atoms with van der Waals surface area (Å²) in [6.07, 6.45) is 0. The number of nitrogens with zero attached hydrogens (tertiary/aromatic N) is 2. The van der Waals surface area contributed by atoms with Gasteiger partial charge < -0.3 is 5.32 Å². The molecule has 0 atom stereocenters. The fourth-order valence-corrected chi connectivity index (χ4v) is 3.25. The van der Waals surface area contributed by atoms with Crippen molar-refractivity contribution in [1.82, 2.24) is 9.55 Å². The van der Waals surface area contributed by atoms with Crippen LogP contribution in [-0.2, 0) is 0 Å². The van der Waals surface area contributed by atoms with Crippen LogP contribution in [0.15, 0.2) is 72.8 Å². The van der Waals surface area contributed by atoms with Gasteiger partial charge in [0.1, 0.15) is 5.82 Å². The Hall–Kier alpha value is -3.11. The Kier molecular flexibility index (Phi) is 4.19. The van der Waals surface area contributed by atoms with E-state index in [1.807, 2.05) is 55.5 Å².